The molecule has 0 saturated heterocycles. The van der Waals surface area contributed by atoms with Crippen molar-refractivity contribution in [2.45, 2.75) is 12.0 Å². The van der Waals surface area contributed by atoms with E-state index >= 15 is 0 Å². The number of benzene rings is 2. The van der Waals surface area contributed by atoms with E-state index in [0.717, 1.165) is 11.1 Å². The van der Waals surface area contributed by atoms with E-state index in [2.05, 4.69) is 30.8 Å². The van der Waals surface area contributed by atoms with Gasteiger partial charge in [0.05, 0.1) is 7.11 Å². The average Bonchev–Trinajstić information content (AvgIpc) is 2.66. The summed E-state index contributed by atoms with van der Waals surface area (Å²) < 4.78 is 0. The summed E-state index contributed by atoms with van der Waals surface area (Å²) in [7, 11) is 5.08. The Hall–Kier alpha value is -2.43. The van der Waals surface area contributed by atoms with E-state index in [1.807, 2.05) is 48.3 Å². The summed E-state index contributed by atoms with van der Waals surface area (Å²) in [6, 6.07) is 19.8. The lowest BCUT2D eigenvalue weighted by Crippen LogP contribution is -2.49. The summed E-state index contributed by atoms with van der Waals surface area (Å²) in [5.41, 5.74) is 2.18. The van der Waals surface area contributed by atoms with Crippen molar-refractivity contribution >= 4 is 5.91 Å². The number of hydroxylamine groups is 2. The Bertz CT molecular complexity index is 633. The van der Waals surface area contributed by atoms with Crippen LogP contribution < -0.4 is 0 Å². The van der Waals surface area contributed by atoms with Crippen LogP contribution in [0, 0.1) is 0 Å². The van der Waals surface area contributed by atoms with Gasteiger partial charge in [0.1, 0.15) is 6.04 Å². The van der Waals surface area contributed by atoms with E-state index < -0.39 is 6.04 Å². The first-order chi connectivity index (χ1) is 12.1. The van der Waals surface area contributed by atoms with Gasteiger partial charge in [-0.25, -0.2) is 5.06 Å². The normalized spacial score (nSPS) is 12.2. The van der Waals surface area contributed by atoms with Crippen molar-refractivity contribution in [3.63, 3.8) is 0 Å². The first-order valence-electron chi connectivity index (χ1n) is 8.32. The predicted octanol–water partition coefficient (Wildman–Crippen LogP) is 3.32. The maximum Gasteiger partial charge on any atom is 0.264 e. The van der Waals surface area contributed by atoms with Crippen LogP contribution in [-0.2, 0) is 9.63 Å². The van der Waals surface area contributed by atoms with Gasteiger partial charge in [0, 0.05) is 19.5 Å². The van der Waals surface area contributed by atoms with E-state index in [4.69, 9.17) is 4.84 Å². The maximum absolute atomic E-state index is 13.1. The smallest absolute Gasteiger partial charge is 0.264 e. The Labute approximate surface area is 150 Å². The molecule has 0 aromatic heterocycles. The van der Waals surface area contributed by atoms with Gasteiger partial charge in [-0.05, 0) is 18.2 Å². The van der Waals surface area contributed by atoms with Gasteiger partial charge >= 0.3 is 0 Å². The lowest BCUT2D eigenvalue weighted by molar-refractivity contribution is -0.174. The molecule has 2 aromatic rings. The van der Waals surface area contributed by atoms with Crippen molar-refractivity contribution in [1.29, 1.82) is 0 Å². The highest BCUT2D eigenvalue weighted by Crippen LogP contribution is 2.31. The van der Waals surface area contributed by atoms with Gasteiger partial charge in [0.25, 0.3) is 5.91 Å². The molecular weight excluding hydrogens is 312 g/mol. The lowest BCUT2D eigenvalue weighted by atomic mass is 9.83. The highest BCUT2D eigenvalue weighted by molar-refractivity contribution is 5.82. The van der Waals surface area contributed by atoms with Crippen LogP contribution in [0.5, 0.6) is 0 Å². The molecule has 0 spiro atoms. The average molecular weight is 338 g/mol. The second-order valence-electron chi connectivity index (χ2n) is 5.99. The van der Waals surface area contributed by atoms with Gasteiger partial charge in [-0.3, -0.25) is 14.5 Å². The largest absolute Gasteiger partial charge is 0.291 e. The molecule has 0 heterocycles. The van der Waals surface area contributed by atoms with Crippen molar-refractivity contribution in [1.82, 2.24) is 9.96 Å². The third-order valence-corrected chi connectivity index (χ3v) is 4.36. The fourth-order valence-corrected chi connectivity index (χ4v) is 3.06. The maximum atomic E-state index is 13.1. The minimum absolute atomic E-state index is 0.0930. The molecule has 0 aliphatic carbocycles. The SMILES string of the molecule is C=CCN(C)[C@H](C(=O)N(C)OC)C(c1ccccc1)c1ccccc1. The summed E-state index contributed by atoms with van der Waals surface area (Å²) in [6.07, 6.45) is 1.81. The molecule has 0 aliphatic heterocycles. The molecule has 0 saturated carbocycles. The van der Waals surface area contributed by atoms with Crippen LogP contribution in [0.3, 0.4) is 0 Å². The minimum atomic E-state index is -0.409. The molecule has 0 unspecified atom stereocenters. The first kappa shape index (κ1) is 18.9. The summed E-state index contributed by atoms with van der Waals surface area (Å²) in [5, 5.41) is 1.29. The number of carbonyl (C=O) groups excluding carboxylic acids is 1. The number of carbonyl (C=O) groups is 1. The molecule has 0 fully saturated rings. The van der Waals surface area contributed by atoms with Gasteiger partial charge in [0.2, 0.25) is 0 Å². The van der Waals surface area contributed by atoms with Crippen LogP contribution in [-0.4, -0.2) is 49.7 Å². The zero-order chi connectivity index (χ0) is 18.2. The van der Waals surface area contributed by atoms with E-state index in [1.165, 1.54) is 12.2 Å². The fraction of sp³-hybridized carbons (Fsp3) is 0.286. The Morgan fingerprint density at radius 1 is 1.04 bits per heavy atom. The predicted molar refractivity (Wildman–Crippen MR) is 101 cm³/mol. The molecule has 2 rings (SSSR count). The molecule has 4 nitrogen and oxygen atoms in total. The Morgan fingerprint density at radius 2 is 1.52 bits per heavy atom. The topological polar surface area (TPSA) is 32.8 Å². The van der Waals surface area contributed by atoms with E-state index in [0.29, 0.717) is 6.54 Å². The van der Waals surface area contributed by atoms with Gasteiger partial charge in [-0.15, -0.1) is 6.58 Å². The number of rotatable bonds is 8. The van der Waals surface area contributed by atoms with Crippen LogP contribution in [0.15, 0.2) is 73.3 Å². The van der Waals surface area contributed by atoms with Crippen LogP contribution >= 0.6 is 0 Å². The molecule has 2 aromatic carbocycles. The molecule has 1 atom stereocenters. The third kappa shape index (κ3) is 4.56. The molecule has 0 aliphatic rings. The summed E-state index contributed by atoms with van der Waals surface area (Å²) >= 11 is 0. The molecule has 0 radical (unpaired) electrons. The number of nitrogens with zero attached hydrogens (tertiary/aromatic N) is 2. The Kier molecular flexibility index (Phi) is 6.92. The van der Waals surface area contributed by atoms with Crippen molar-refractivity contribution in [3.8, 4) is 0 Å². The Balaban J connectivity index is 2.56. The molecule has 25 heavy (non-hydrogen) atoms. The Morgan fingerprint density at radius 3 is 1.92 bits per heavy atom. The van der Waals surface area contributed by atoms with Crippen molar-refractivity contribution < 1.29 is 9.63 Å². The van der Waals surface area contributed by atoms with Crippen molar-refractivity contribution in [2.75, 3.05) is 27.7 Å². The number of hydrogen-bond donors (Lipinski definition) is 0. The highest BCUT2D eigenvalue weighted by atomic mass is 16.7. The first-order valence-corrected chi connectivity index (χ1v) is 8.32. The number of likely N-dealkylation sites (N-methyl/N-ethyl adjacent to an activating group) is 2. The van der Waals surface area contributed by atoms with Gasteiger partial charge in [0.15, 0.2) is 0 Å². The van der Waals surface area contributed by atoms with Crippen LogP contribution in [0.4, 0.5) is 0 Å². The number of amides is 1. The van der Waals surface area contributed by atoms with E-state index in [9.17, 15) is 4.79 Å². The molecule has 1 amide bonds. The van der Waals surface area contributed by atoms with Crippen LogP contribution in [0.2, 0.25) is 0 Å². The van der Waals surface area contributed by atoms with Crippen molar-refractivity contribution in [2.24, 2.45) is 0 Å². The summed E-state index contributed by atoms with van der Waals surface area (Å²) in [5.74, 6) is -0.206. The standard InChI is InChI=1S/C21H26N2O2/c1-5-16-22(2)20(21(24)23(3)25-4)19(17-12-8-6-9-13-17)18-14-10-7-11-15-18/h5-15,19-20H,1,16H2,2-4H3/t20-/m0/s1. The van der Waals surface area contributed by atoms with Gasteiger partial charge in [-0.2, -0.15) is 0 Å². The number of hydrogen-bond acceptors (Lipinski definition) is 3. The molecule has 4 heteroatoms. The second-order valence-corrected chi connectivity index (χ2v) is 5.99. The minimum Gasteiger partial charge on any atom is -0.291 e. The molecular formula is C21H26N2O2. The quantitative estimate of drug-likeness (QED) is 0.547. The lowest BCUT2D eigenvalue weighted by Gasteiger charge is -2.35. The van der Waals surface area contributed by atoms with Gasteiger partial charge < -0.3 is 0 Å². The van der Waals surface area contributed by atoms with Crippen molar-refractivity contribution in [3.05, 3.63) is 84.4 Å². The fourth-order valence-electron chi connectivity index (χ4n) is 3.06. The zero-order valence-electron chi connectivity index (χ0n) is 15.1. The monoisotopic (exact) mass is 338 g/mol. The summed E-state index contributed by atoms with van der Waals surface area (Å²) in [6.45, 7) is 4.42. The molecule has 0 N–H and O–H groups in total. The van der Waals surface area contributed by atoms with E-state index in [1.54, 1.807) is 13.1 Å². The van der Waals surface area contributed by atoms with Gasteiger partial charge in [-0.1, -0.05) is 66.7 Å². The van der Waals surface area contributed by atoms with E-state index in [-0.39, 0.29) is 11.8 Å². The molecule has 132 valence electrons. The molecule has 0 bridgehead atoms. The highest BCUT2D eigenvalue weighted by Gasteiger charge is 2.35. The van der Waals surface area contributed by atoms with Crippen LogP contribution in [0.25, 0.3) is 0 Å². The summed E-state index contributed by atoms with van der Waals surface area (Å²) in [4.78, 5) is 20.3. The second kappa shape index (κ2) is 9.16. The van der Waals surface area contributed by atoms with Crippen LogP contribution in [0.1, 0.15) is 17.0 Å². The third-order valence-electron chi connectivity index (χ3n) is 4.36. The zero-order valence-corrected chi connectivity index (χ0v) is 15.1.